The van der Waals surface area contributed by atoms with Gasteiger partial charge in [0.15, 0.2) is 17.2 Å². The molecule has 0 amide bonds. The van der Waals surface area contributed by atoms with Crippen LogP contribution < -0.4 is 14.9 Å². The summed E-state index contributed by atoms with van der Waals surface area (Å²) in [5.74, 6) is 1.02. The van der Waals surface area contributed by atoms with Gasteiger partial charge >= 0.3 is 0 Å². The SMILES string of the molecule is O=c1cc2cc3c(cc2ccc1O)OCO3. The molecule has 2 aromatic carbocycles. The highest BCUT2D eigenvalue weighted by atomic mass is 16.7. The molecular weight excluding hydrogens is 208 g/mol. The molecule has 0 aliphatic carbocycles. The monoisotopic (exact) mass is 216 g/mol. The predicted octanol–water partition coefficient (Wildman–Crippen LogP) is 1.63. The third-order valence-corrected chi connectivity index (χ3v) is 2.54. The lowest BCUT2D eigenvalue weighted by Gasteiger charge is -1.96. The quantitative estimate of drug-likeness (QED) is 0.727. The fourth-order valence-corrected chi connectivity index (χ4v) is 1.71. The van der Waals surface area contributed by atoms with Crippen LogP contribution in [0.25, 0.3) is 10.8 Å². The van der Waals surface area contributed by atoms with Crippen LogP contribution in [-0.4, -0.2) is 11.9 Å². The van der Waals surface area contributed by atoms with Gasteiger partial charge in [0, 0.05) is 0 Å². The van der Waals surface area contributed by atoms with Gasteiger partial charge in [0.1, 0.15) is 0 Å². The van der Waals surface area contributed by atoms with Gasteiger partial charge in [-0.25, -0.2) is 0 Å². The van der Waals surface area contributed by atoms with Crippen LogP contribution >= 0.6 is 0 Å². The van der Waals surface area contributed by atoms with Crippen molar-refractivity contribution in [3.8, 4) is 17.2 Å². The van der Waals surface area contributed by atoms with Gasteiger partial charge in [0.2, 0.25) is 12.2 Å². The third kappa shape index (κ3) is 1.27. The highest BCUT2D eigenvalue weighted by Crippen LogP contribution is 2.35. The van der Waals surface area contributed by atoms with Crippen molar-refractivity contribution in [2.75, 3.05) is 6.79 Å². The van der Waals surface area contributed by atoms with Crippen LogP contribution in [0.1, 0.15) is 0 Å². The number of hydrogen-bond donors (Lipinski definition) is 1. The molecule has 0 atom stereocenters. The molecule has 0 radical (unpaired) electrons. The van der Waals surface area contributed by atoms with Crippen LogP contribution in [0.5, 0.6) is 17.2 Å². The summed E-state index contributed by atoms with van der Waals surface area (Å²) < 4.78 is 10.5. The first-order valence-electron chi connectivity index (χ1n) is 4.81. The molecule has 0 saturated carbocycles. The molecule has 80 valence electrons. The van der Waals surface area contributed by atoms with Gasteiger partial charge < -0.3 is 14.6 Å². The second-order valence-corrected chi connectivity index (χ2v) is 3.56. The molecule has 3 rings (SSSR count). The molecule has 4 nitrogen and oxygen atoms in total. The molecular formula is C12H8O4. The van der Waals surface area contributed by atoms with Gasteiger partial charge in [-0.05, 0) is 35.0 Å². The maximum atomic E-state index is 11.4. The van der Waals surface area contributed by atoms with Crippen LogP contribution in [0.4, 0.5) is 0 Å². The summed E-state index contributed by atoms with van der Waals surface area (Å²) in [6.45, 7) is 0.202. The standard InChI is InChI=1S/C12H8O4/c13-9-2-1-7-4-11-12(16-6-15-11)5-8(7)3-10(9)14/h1-5H,6H2,(H,13,14). The zero-order valence-electron chi connectivity index (χ0n) is 8.27. The van der Waals surface area contributed by atoms with E-state index in [1.807, 2.05) is 0 Å². The lowest BCUT2D eigenvalue weighted by Crippen LogP contribution is -1.93. The van der Waals surface area contributed by atoms with E-state index >= 15 is 0 Å². The largest absolute Gasteiger partial charge is 0.504 e. The van der Waals surface area contributed by atoms with Crippen LogP contribution in [0.15, 0.2) is 35.1 Å². The van der Waals surface area contributed by atoms with E-state index in [4.69, 9.17) is 9.47 Å². The average molecular weight is 216 g/mol. The minimum atomic E-state index is -0.408. The van der Waals surface area contributed by atoms with E-state index in [1.54, 1.807) is 18.2 Å². The molecule has 0 fully saturated rings. The van der Waals surface area contributed by atoms with E-state index in [0.717, 1.165) is 10.8 Å². The van der Waals surface area contributed by atoms with E-state index in [0.29, 0.717) is 11.5 Å². The molecule has 1 aliphatic rings. The predicted molar refractivity (Wildman–Crippen MR) is 58.0 cm³/mol. The highest BCUT2D eigenvalue weighted by molar-refractivity contribution is 5.86. The van der Waals surface area contributed by atoms with Crippen molar-refractivity contribution < 1.29 is 14.6 Å². The van der Waals surface area contributed by atoms with Crippen LogP contribution in [-0.2, 0) is 0 Å². The number of ether oxygens (including phenoxy) is 2. The Hall–Kier alpha value is -2.23. The first-order valence-corrected chi connectivity index (χ1v) is 4.81. The second-order valence-electron chi connectivity index (χ2n) is 3.56. The van der Waals surface area contributed by atoms with E-state index in [9.17, 15) is 9.90 Å². The van der Waals surface area contributed by atoms with Crippen molar-refractivity contribution in [1.82, 2.24) is 0 Å². The van der Waals surface area contributed by atoms with Crippen molar-refractivity contribution in [1.29, 1.82) is 0 Å². The summed E-state index contributed by atoms with van der Waals surface area (Å²) in [6.07, 6.45) is 0. The van der Waals surface area contributed by atoms with Crippen molar-refractivity contribution in [3.05, 3.63) is 40.6 Å². The van der Waals surface area contributed by atoms with E-state index in [2.05, 4.69) is 0 Å². The number of benzene rings is 1. The molecule has 1 aliphatic heterocycles. The van der Waals surface area contributed by atoms with Gasteiger partial charge in [-0.15, -0.1) is 0 Å². The topological polar surface area (TPSA) is 55.8 Å². The van der Waals surface area contributed by atoms with Gasteiger partial charge in [0.25, 0.3) is 0 Å². The van der Waals surface area contributed by atoms with Crippen molar-refractivity contribution in [3.63, 3.8) is 0 Å². The molecule has 2 aromatic rings. The Kier molecular flexibility index (Phi) is 1.77. The van der Waals surface area contributed by atoms with Crippen LogP contribution in [0.3, 0.4) is 0 Å². The zero-order valence-corrected chi connectivity index (χ0v) is 8.27. The Bertz CT molecular complexity index is 634. The number of aromatic hydroxyl groups is 1. The normalized spacial score (nSPS) is 13.0. The zero-order chi connectivity index (χ0) is 11.1. The van der Waals surface area contributed by atoms with Crippen molar-refractivity contribution >= 4 is 10.8 Å². The minimum absolute atomic E-state index is 0.202. The van der Waals surface area contributed by atoms with E-state index < -0.39 is 5.43 Å². The summed E-state index contributed by atoms with van der Waals surface area (Å²) in [5.41, 5.74) is -0.408. The van der Waals surface area contributed by atoms with Crippen LogP contribution in [0.2, 0.25) is 0 Å². The lowest BCUT2D eigenvalue weighted by atomic mass is 10.1. The Morgan fingerprint density at radius 2 is 1.69 bits per heavy atom. The smallest absolute Gasteiger partial charge is 0.231 e. The van der Waals surface area contributed by atoms with Crippen molar-refractivity contribution in [2.24, 2.45) is 0 Å². The maximum absolute atomic E-state index is 11.4. The number of hydrogen-bond acceptors (Lipinski definition) is 4. The lowest BCUT2D eigenvalue weighted by molar-refractivity contribution is 0.174. The van der Waals surface area contributed by atoms with Crippen LogP contribution in [0, 0.1) is 0 Å². The first kappa shape index (κ1) is 9.03. The van der Waals surface area contributed by atoms with Gasteiger partial charge in [-0.2, -0.15) is 0 Å². The summed E-state index contributed by atoms with van der Waals surface area (Å²) in [5, 5.41) is 10.9. The molecule has 0 bridgehead atoms. The van der Waals surface area contributed by atoms with Crippen molar-refractivity contribution in [2.45, 2.75) is 0 Å². The molecule has 0 aromatic heterocycles. The minimum Gasteiger partial charge on any atom is -0.504 e. The Morgan fingerprint density at radius 3 is 2.44 bits per heavy atom. The summed E-state index contributed by atoms with van der Waals surface area (Å²) >= 11 is 0. The third-order valence-electron chi connectivity index (χ3n) is 2.54. The molecule has 0 saturated heterocycles. The molecule has 16 heavy (non-hydrogen) atoms. The molecule has 1 heterocycles. The molecule has 0 spiro atoms. The van der Waals surface area contributed by atoms with E-state index in [1.165, 1.54) is 12.1 Å². The summed E-state index contributed by atoms with van der Waals surface area (Å²) in [7, 11) is 0. The van der Waals surface area contributed by atoms with Gasteiger partial charge in [-0.1, -0.05) is 6.07 Å². The van der Waals surface area contributed by atoms with Gasteiger partial charge in [-0.3, -0.25) is 4.79 Å². The fraction of sp³-hybridized carbons (Fsp3) is 0.0833. The second kappa shape index (κ2) is 3.13. The Morgan fingerprint density at radius 1 is 1.00 bits per heavy atom. The average Bonchev–Trinajstić information content (AvgIpc) is 2.66. The first-order chi connectivity index (χ1) is 7.74. The summed E-state index contributed by atoms with van der Waals surface area (Å²) in [6, 6.07) is 7.96. The Balaban J connectivity index is 2.41. The fourth-order valence-electron chi connectivity index (χ4n) is 1.71. The molecule has 0 unspecified atom stereocenters. The van der Waals surface area contributed by atoms with E-state index in [-0.39, 0.29) is 12.5 Å². The maximum Gasteiger partial charge on any atom is 0.231 e. The highest BCUT2D eigenvalue weighted by Gasteiger charge is 2.13. The summed E-state index contributed by atoms with van der Waals surface area (Å²) in [4.78, 5) is 11.4. The number of rotatable bonds is 0. The molecule has 4 heteroatoms. The van der Waals surface area contributed by atoms with Gasteiger partial charge in [0.05, 0.1) is 0 Å². The number of fused-ring (bicyclic) bond motifs is 2. The molecule has 1 N–H and O–H groups in total. The Labute approximate surface area is 90.7 Å².